The molecule has 1 aromatic rings. The van der Waals surface area contributed by atoms with Gasteiger partial charge in [-0.2, -0.15) is 11.8 Å². The highest BCUT2D eigenvalue weighted by atomic mass is 127. The fourth-order valence-electron chi connectivity index (χ4n) is 2.33. The third-order valence-electron chi connectivity index (χ3n) is 3.57. The standard InChI is InChI=1S/C16H23ClN4OS.HI/c1-18-16(21-11-12-5-4-10-23-12)20-9-8-19-15(22)13-6-2-3-7-14(13)17;/h2-3,6-7,12H,4-5,8-11H2,1H3,(H,19,22)(H2,18,20,21);1H. The summed E-state index contributed by atoms with van der Waals surface area (Å²) in [5, 5.41) is 10.5. The molecule has 1 heterocycles. The molecule has 0 aliphatic carbocycles. The van der Waals surface area contributed by atoms with Crippen molar-refractivity contribution in [3.63, 3.8) is 0 Å². The van der Waals surface area contributed by atoms with Crippen molar-refractivity contribution in [2.75, 3.05) is 32.4 Å². The van der Waals surface area contributed by atoms with Crippen LogP contribution in [0, 0.1) is 0 Å². The van der Waals surface area contributed by atoms with Crippen LogP contribution in [0.2, 0.25) is 5.02 Å². The van der Waals surface area contributed by atoms with Crippen LogP contribution in [-0.2, 0) is 0 Å². The van der Waals surface area contributed by atoms with E-state index in [1.807, 2.05) is 11.8 Å². The minimum atomic E-state index is -0.164. The second-order valence-corrected chi connectivity index (χ2v) is 7.07. The van der Waals surface area contributed by atoms with Crippen LogP contribution in [0.1, 0.15) is 23.2 Å². The second kappa shape index (κ2) is 11.8. The van der Waals surface area contributed by atoms with E-state index >= 15 is 0 Å². The zero-order chi connectivity index (χ0) is 16.5. The molecule has 3 N–H and O–H groups in total. The number of hydrogen-bond donors (Lipinski definition) is 3. The van der Waals surface area contributed by atoms with E-state index in [1.165, 1.54) is 18.6 Å². The molecule has 0 bridgehead atoms. The van der Waals surface area contributed by atoms with Crippen molar-refractivity contribution in [3.05, 3.63) is 34.9 Å². The van der Waals surface area contributed by atoms with Gasteiger partial charge in [0.25, 0.3) is 5.91 Å². The molecule has 1 fully saturated rings. The number of nitrogens with one attached hydrogen (secondary N) is 3. The largest absolute Gasteiger partial charge is 0.355 e. The van der Waals surface area contributed by atoms with Gasteiger partial charge in [0.2, 0.25) is 0 Å². The summed E-state index contributed by atoms with van der Waals surface area (Å²) in [5.41, 5.74) is 0.495. The summed E-state index contributed by atoms with van der Waals surface area (Å²) in [4.78, 5) is 16.2. The van der Waals surface area contributed by atoms with Gasteiger partial charge in [0, 0.05) is 31.9 Å². The summed E-state index contributed by atoms with van der Waals surface area (Å²) >= 11 is 8.01. The first-order valence-corrected chi connectivity index (χ1v) is 9.22. The predicted octanol–water partition coefficient (Wildman–Crippen LogP) is 2.75. The Morgan fingerprint density at radius 3 is 2.71 bits per heavy atom. The van der Waals surface area contributed by atoms with Crippen molar-refractivity contribution >= 4 is 59.2 Å². The van der Waals surface area contributed by atoms with Gasteiger partial charge in [-0.25, -0.2) is 0 Å². The van der Waals surface area contributed by atoms with E-state index in [4.69, 9.17) is 11.6 Å². The quantitative estimate of drug-likeness (QED) is 0.252. The molecule has 24 heavy (non-hydrogen) atoms. The van der Waals surface area contributed by atoms with E-state index < -0.39 is 0 Å². The van der Waals surface area contributed by atoms with Crippen molar-refractivity contribution in [1.82, 2.24) is 16.0 Å². The fourth-order valence-corrected chi connectivity index (χ4v) is 3.76. The highest BCUT2D eigenvalue weighted by Crippen LogP contribution is 2.25. The van der Waals surface area contributed by atoms with Gasteiger partial charge < -0.3 is 16.0 Å². The number of rotatable bonds is 6. The molecular formula is C16H24ClIN4OS. The van der Waals surface area contributed by atoms with Gasteiger partial charge in [-0.1, -0.05) is 23.7 Å². The Bertz CT molecular complexity index is 553. The lowest BCUT2D eigenvalue weighted by Crippen LogP contribution is -2.43. The van der Waals surface area contributed by atoms with Gasteiger partial charge in [-0.05, 0) is 30.7 Å². The average Bonchev–Trinajstić information content (AvgIpc) is 3.08. The summed E-state index contributed by atoms with van der Waals surface area (Å²) in [6.07, 6.45) is 2.57. The second-order valence-electron chi connectivity index (χ2n) is 5.25. The van der Waals surface area contributed by atoms with Crippen molar-refractivity contribution in [2.24, 2.45) is 4.99 Å². The molecule has 1 unspecified atom stereocenters. The molecule has 1 aromatic carbocycles. The maximum atomic E-state index is 12.0. The third kappa shape index (κ3) is 7.06. The Morgan fingerprint density at radius 1 is 1.29 bits per heavy atom. The number of carbonyl (C=O) groups is 1. The predicted molar refractivity (Wildman–Crippen MR) is 114 cm³/mol. The first-order valence-electron chi connectivity index (χ1n) is 7.79. The zero-order valence-corrected chi connectivity index (χ0v) is 17.6. The first kappa shape index (κ1) is 21.4. The summed E-state index contributed by atoms with van der Waals surface area (Å²) < 4.78 is 0. The summed E-state index contributed by atoms with van der Waals surface area (Å²) in [6, 6.07) is 7.02. The topological polar surface area (TPSA) is 65.5 Å². The number of nitrogens with zero attached hydrogens (tertiary/aromatic N) is 1. The lowest BCUT2D eigenvalue weighted by Gasteiger charge is -2.15. The van der Waals surface area contributed by atoms with Gasteiger partial charge in [0.1, 0.15) is 0 Å². The maximum Gasteiger partial charge on any atom is 0.252 e. The highest BCUT2D eigenvalue weighted by molar-refractivity contribution is 14.0. The molecule has 8 heteroatoms. The number of aliphatic imine (C=N–C) groups is 1. The zero-order valence-electron chi connectivity index (χ0n) is 13.7. The number of benzene rings is 1. The molecule has 1 amide bonds. The van der Waals surface area contributed by atoms with E-state index in [1.54, 1.807) is 31.3 Å². The van der Waals surface area contributed by atoms with Crippen LogP contribution >= 0.6 is 47.3 Å². The fraction of sp³-hybridized carbons (Fsp3) is 0.500. The van der Waals surface area contributed by atoms with Crippen molar-refractivity contribution in [2.45, 2.75) is 18.1 Å². The number of thioether (sulfide) groups is 1. The Morgan fingerprint density at radius 2 is 2.04 bits per heavy atom. The number of amides is 1. The molecule has 0 saturated carbocycles. The molecule has 134 valence electrons. The van der Waals surface area contributed by atoms with Gasteiger partial charge in [0.15, 0.2) is 5.96 Å². The molecule has 1 aliphatic heterocycles. The van der Waals surface area contributed by atoms with Crippen LogP contribution in [0.5, 0.6) is 0 Å². The normalized spacial score (nSPS) is 17.1. The Hall–Kier alpha value is -0.670. The Kier molecular flexibility index (Phi) is 10.5. The van der Waals surface area contributed by atoms with Gasteiger partial charge >= 0.3 is 0 Å². The number of carbonyl (C=O) groups excluding carboxylic acids is 1. The molecule has 5 nitrogen and oxygen atoms in total. The average molecular weight is 483 g/mol. The SMILES string of the molecule is CN=C(NCCNC(=O)c1ccccc1Cl)NCC1CCCS1.I. The minimum absolute atomic E-state index is 0. The minimum Gasteiger partial charge on any atom is -0.355 e. The van der Waals surface area contributed by atoms with Crippen molar-refractivity contribution in [3.8, 4) is 0 Å². The van der Waals surface area contributed by atoms with E-state index in [0.717, 1.165) is 12.5 Å². The van der Waals surface area contributed by atoms with Crippen LogP contribution in [0.15, 0.2) is 29.3 Å². The van der Waals surface area contributed by atoms with E-state index in [0.29, 0.717) is 28.9 Å². The van der Waals surface area contributed by atoms with E-state index in [-0.39, 0.29) is 29.9 Å². The summed E-state index contributed by atoms with van der Waals surface area (Å²) in [6.45, 7) is 2.03. The lowest BCUT2D eigenvalue weighted by molar-refractivity contribution is 0.0954. The van der Waals surface area contributed by atoms with Gasteiger partial charge in [-0.15, -0.1) is 24.0 Å². The van der Waals surface area contributed by atoms with Gasteiger partial charge in [0.05, 0.1) is 10.6 Å². The van der Waals surface area contributed by atoms with Crippen LogP contribution < -0.4 is 16.0 Å². The summed E-state index contributed by atoms with van der Waals surface area (Å²) in [7, 11) is 1.75. The molecule has 0 spiro atoms. The Balaban J connectivity index is 0.00000288. The molecular weight excluding hydrogens is 459 g/mol. The van der Waals surface area contributed by atoms with Gasteiger partial charge in [-0.3, -0.25) is 9.79 Å². The van der Waals surface area contributed by atoms with Crippen LogP contribution in [0.4, 0.5) is 0 Å². The molecule has 0 radical (unpaired) electrons. The molecule has 1 saturated heterocycles. The van der Waals surface area contributed by atoms with Crippen molar-refractivity contribution < 1.29 is 4.79 Å². The van der Waals surface area contributed by atoms with Crippen molar-refractivity contribution in [1.29, 1.82) is 0 Å². The monoisotopic (exact) mass is 482 g/mol. The van der Waals surface area contributed by atoms with Crippen LogP contribution in [0.25, 0.3) is 0 Å². The third-order valence-corrected chi connectivity index (χ3v) is 5.29. The smallest absolute Gasteiger partial charge is 0.252 e. The van der Waals surface area contributed by atoms with Crippen LogP contribution in [-0.4, -0.2) is 49.6 Å². The van der Waals surface area contributed by atoms with Crippen LogP contribution in [0.3, 0.4) is 0 Å². The van der Waals surface area contributed by atoms with E-state index in [2.05, 4.69) is 20.9 Å². The highest BCUT2D eigenvalue weighted by Gasteiger charge is 2.15. The molecule has 1 aliphatic rings. The number of halogens is 2. The molecule has 2 rings (SSSR count). The first-order chi connectivity index (χ1) is 11.2. The molecule has 1 atom stereocenters. The maximum absolute atomic E-state index is 12.0. The Labute approximate surface area is 169 Å². The molecule has 0 aromatic heterocycles. The lowest BCUT2D eigenvalue weighted by atomic mass is 10.2. The van der Waals surface area contributed by atoms with E-state index in [9.17, 15) is 4.79 Å². The number of hydrogen-bond acceptors (Lipinski definition) is 3. The number of guanidine groups is 1. The summed E-state index contributed by atoms with van der Waals surface area (Å²) in [5.74, 6) is 1.86.